The van der Waals surface area contributed by atoms with Gasteiger partial charge in [-0.1, -0.05) is 211 Å². The molecular weight excluding hydrogens is 980 g/mol. The van der Waals surface area contributed by atoms with Crippen LogP contribution in [0.5, 0.6) is 0 Å². The van der Waals surface area contributed by atoms with E-state index >= 15 is 0 Å². The molecule has 10 aromatic carbocycles. The first-order chi connectivity index (χ1) is 39.1. The van der Waals surface area contributed by atoms with E-state index in [0.717, 1.165) is 28.1 Å². The zero-order valence-electron chi connectivity index (χ0n) is 47.7. The van der Waals surface area contributed by atoms with E-state index in [9.17, 15) is 0 Å². The van der Waals surface area contributed by atoms with E-state index < -0.39 is 5.41 Å². The van der Waals surface area contributed by atoms with Crippen molar-refractivity contribution in [1.29, 1.82) is 0 Å². The molecule has 4 nitrogen and oxygen atoms in total. The molecule has 1 unspecified atom stereocenters. The van der Waals surface area contributed by atoms with Gasteiger partial charge in [0.1, 0.15) is 0 Å². The molecule has 4 aliphatic rings. The highest BCUT2D eigenvalue weighted by Gasteiger charge is 2.54. The number of aromatic nitrogens is 2. The van der Waals surface area contributed by atoms with Crippen LogP contribution in [-0.2, 0) is 16.2 Å². The van der Waals surface area contributed by atoms with Gasteiger partial charge in [0.2, 0.25) is 0 Å². The Hall–Kier alpha value is -9.06. The summed E-state index contributed by atoms with van der Waals surface area (Å²) in [5, 5.41) is 0. The van der Waals surface area contributed by atoms with E-state index in [2.05, 4.69) is 291 Å². The summed E-state index contributed by atoms with van der Waals surface area (Å²) >= 11 is 0. The third-order valence-corrected chi connectivity index (χ3v) is 18.0. The van der Waals surface area contributed by atoms with Gasteiger partial charge in [-0.3, -0.25) is 0 Å². The van der Waals surface area contributed by atoms with Gasteiger partial charge in [-0.05, 0) is 169 Å². The van der Waals surface area contributed by atoms with Gasteiger partial charge in [0.05, 0.1) is 16.8 Å². The van der Waals surface area contributed by atoms with Crippen molar-refractivity contribution in [3.8, 4) is 56.2 Å². The number of nitrogens with zero attached hydrogens (tertiary/aromatic N) is 4. The van der Waals surface area contributed by atoms with Crippen molar-refractivity contribution in [1.82, 2.24) is 9.97 Å². The smallest absolute Gasteiger partial charge is 0.252 e. The SMILES string of the molecule is Cc1ccc(N2c3cc4c(cc3B3c5cc(C(C)(C)C)ccc5N(c5ccc(C(C)(C)C)cc5)c5cc(C)cc2c53)-c2ccccc2C42c3ccccc3-c3ccc(-c4nc(-c5ccccc5)cc(-c5ccccc5)n4)cc32)c(C)c1. The van der Waals surface area contributed by atoms with E-state index in [4.69, 9.17) is 9.97 Å². The third-order valence-electron chi connectivity index (χ3n) is 18.0. The van der Waals surface area contributed by atoms with Crippen LogP contribution in [0.2, 0.25) is 0 Å². The molecule has 0 bridgehead atoms. The van der Waals surface area contributed by atoms with Gasteiger partial charge >= 0.3 is 0 Å². The summed E-state index contributed by atoms with van der Waals surface area (Å²) < 4.78 is 0. The number of hydrogen-bond acceptors (Lipinski definition) is 4. The highest BCUT2D eigenvalue weighted by Crippen LogP contribution is 2.64. The van der Waals surface area contributed by atoms with Crippen LogP contribution in [-0.4, -0.2) is 16.7 Å². The maximum atomic E-state index is 5.41. The number of rotatable bonds is 5. The Balaban J connectivity index is 1.02. The van der Waals surface area contributed by atoms with Crippen LogP contribution in [0.15, 0.2) is 218 Å². The summed E-state index contributed by atoms with van der Waals surface area (Å²) in [6.45, 7) is 20.7. The second-order valence-electron chi connectivity index (χ2n) is 25.2. The Labute approximate surface area is 477 Å². The zero-order valence-corrected chi connectivity index (χ0v) is 47.7. The van der Waals surface area contributed by atoms with Crippen LogP contribution in [0.1, 0.15) is 91.6 Å². The summed E-state index contributed by atoms with van der Waals surface area (Å²) in [4.78, 5) is 16.0. The lowest BCUT2D eigenvalue weighted by atomic mass is 9.33. The predicted octanol–water partition coefficient (Wildman–Crippen LogP) is 17.4. The molecule has 3 heterocycles. The molecule has 11 aromatic rings. The normalized spacial score (nSPS) is 15.2. The molecule has 0 saturated heterocycles. The number of benzene rings is 10. The fourth-order valence-corrected chi connectivity index (χ4v) is 14.2. The minimum Gasteiger partial charge on any atom is -0.311 e. The Morgan fingerprint density at radius 1 is 0.370 bits per heavy atom. The molecule has 2 aliphatic carbocycles. The van der Waals surface area contributed by atoms with E-state index in [1.54, 1.807) is 0 Å². The first kappa shape index (κ1) is 49.0. The van der Waals surface area contributed by atoms with Crippen molar-refractivity contribution in [2.24, 2.45) is 0 Å². The third kappa shape index (κ3) is 7.37. The standard InChI is InChI=1S/C76H63BN4/c1-46-28-36-67(48(3)38-46)81-69-44-62-58(43-64(69)77-63-42-53(75(7,8)9)32-37-68(63)80(70-39-47(2)40-71(81)72(70)77)54-33-30-52(31-34-54)74(4,5)6)56-25-17-19-27-60(56)76(62)59-26-18-16-24-55(59)57-35-29-51(41-61(57)76)73-78-65(49-20-12-10-13-21-49)45-66(79-73)50-22-14-11-15-23-50/h10-45H,1-9H3. The maximum absolute atomic E-state index is 5.41. The molecule has 5 heteroatoms. The monoisotopic (exact) mass is 1040 g/mol. The summed E-state index contributed by atoms with van der Waals surface area (Å²) in [6.07, 6.45) is 0. The number of aryl methyl sites for hydroxylation is 3. The molecule has 0 amide bonds. The van der Waals surface area contributed by atoms with E-state index in [0.29, 0.717) is 5.82 Å². The molecule has 0 radical (unpaired) electrons. The van der Waals surface area contributed by atoms with Gasteiger partial charge in [-0.2, -0.15) is 0 Å². The van der Waals surface area contributed by atoms with Crippen molar-refractivity contribution >= 4 is 57.2 Å². The Morgan fingerprint density at radius 2 is 0.914 bits per heavy atom. The van der Waals surface area contributed by atoms with E-state index in [1.807, 2.05) is 0 Å². The van der Waals surface area contributed by atoms with Crippen molar-refractivity contribution in [3.63, 3.8) is 0 Å². The lowest BCUT2D eigenvalue weighted by Crippen LogP contribution is -2.61. The largest absolute Gasteiger partial charge is 0.311 e. The molecule has 0 N–H and O–H groups in total. The average molecular weight is 1040 g/mol. The van der Waals surface area contributed by atoms with E-state index in [-0.39, 0.29) is 17.5 Å². The topological polar surface area (TPSA) is 32.3 Å². The predicted molar refractivity (Wildman–Crippen MR) is 340 cm³/mol. The highest BCUT2D eigenvalue weighted by molar-refractivity contribution is 7.00. The van der Waals surface area contributed by atoms with Gasteiger partial charge in [-0.15, -0.1) is 0 Å². The molecule has 1 aromatic heterocycles. The summed E-state index contributed by atoms with van der Waals surface area (Å²) in [6, 6.07) is 82.4. The van der Waals surface area contributed by atoms with Gasteiger partial charge in [0.15, 0.2) is 5.82 Å². The van der Waals surface area contributed by atoms with Gasteiger partial charge in [0, 0.05) is 50.8 Å². The molecule has 2 aliphatic heterocycles. The quantitative estimate of drug-likeness (QED) is 0.161. The van der Waals surface area contributed by atoms with Crippen LogP contribution in [0, 0.1) is 20.8 Å². The Morgan fingerprint density at radius 3 is 1.54 bits per heavy atom. The zero-order chi connectivity index (χ0) is 55.3. The van der Waals surface area contributed by atoms with Crippen LogP contribution in [0.25, 0.3) is 56.2 Å². The Kier molecular flexibility index (Phi) is 10.7. The lowest BCUT2D eigenvalue weighted by Gasteiger charge is -2.45. The van der Waals surface area contributed by atoms with Crippen molar-refractivity contribution in [2.75, 3.05) is 9.80 Å². The average Bonchev–Trinajstić information content (AvgIpc) is 1.97. The fraction of sp³-hybridized carbons (Fsp3) is 0.158. The molecule has 1 atom stereocenters. The van der Waals surface area contributed by atoms with Gasteiger partial charge in [0.25, 0.3) is 6.71 Å². The molecule has 81 heavy (non-hydrogen) atoms. The molecule has 15 rings (SSSR count). The number of fused-ring (bicyclic) bond motifs is 14. The summed E-state index contributed by atoms with van der Waals surface area (Å²) in [5.74, 6) is 0.703. The second kappa shape index (κ2) is 17.7. The van der Waals surface area contributed by atoms with Gasteiger partial charge in [-0.25, -0.2) is 9.97 Å². The van der Waals surface area contributed by atoms with Crippen LogP contribution in [0.4, 0.5) is 34.1 Å². The van der Waals surface area contributed by atoms with Crippen molar-refractivity contribution in [2.45, 2.75) is 78.6 Å². The highest BCUT2D eigenvalue weighted by atomic mass is 15.2. The number of anilines is 6. The molecular formula is C76H63BN4. The minimum absolute atomic E-state index is 0.0293. The van der Waals surface area contributed by atoms with Crippen LogP contribution < -0.4 is 26.2 Å². The summed E-state index contributed by atoms with van der Waals surface area (Å²) in [7, 11) is 0. The second-order valence-corrected chi connectivity index (χ2v) is 25.2. The molecule has 0 saturated carbocycles. The maximum Gasteiger partial charge on any atom is 0.252 e. The molecule has 390 valence electrons. The van der Waals surface area contributed by atoms with E-state index in [1.165, 1.54) is 123 Å². The molecule has 0 fully saturated rings. The van der Waals surface area contributed by atoms with Crippen molar-refractivity contribution < 1.29 is 0 Å². The first-order valence-electron chi connectivity index (χ1n) is 28.8. The fourth-order valence-electron chi connectivity index (χ4n) is 14.2. The van der Waals surface area contributed by atoms with Crippen LogP contribution >= 0.6 is 0 Å². The first-order valence-corrected chi connectivity index (χ1v) is 28.8. The van der Waals surface area contributed by atoms with Gasteiger partial charge < -0.3 is 9.80 Å². The molecule has 1 spiro atoms. The number of hydrogen-bond donors (Lipinski definition) is 0. The lowest BCUT2D eigenvalue weighted by molar-refractivity contribution is 0.590. The van der Waals surface area contributed by atoms with Crippen molar-refractivity contribution in [3.05, 3.63) is 268 Å². The summed E-state index contributed by atoms with van der Waals surface area (Å²) in [5.41, 5.74) is 31.9. The van der Waals surface area contributed by atoms with Crippen LogP contribution in [0.3, 0.4) is 0 Å². The minimum atomic E-state index is -0.659. The Bertz CT molecular complexity index is 4350.